The van der Waals surface area contributed by atoms with E-state index < -0.39 is 0 Å². The third-order valence-corrected chi connectivity index (χ3v) is 4.76. The van der Waals surface area contributed by atoms with E-state index in [-0.39, 0.29) is 12.5 Å². The molecule has 1 N–H and O–H groups in total. The van der Waals surface area contributed by atoms with Crippen molar-refractivity contribution in [3.05, 3.63) is 75.3 Å². The van der Waals surface area contributed by atoms with Crippen LogP contribution in [0.1, 0.15) is 5.56 Å². The summed E-state index contributed by atoms with van der Waals surface area (Å²) in [7, 11) is 0. The molecule has 3 aromatic rings. The lowest BCUT2D eigenvalue weighted by Gasteiger charge is -2.12. The minimum absolute atomic E-state index is 0.104. The Morgan fingerprint density at radius 2 is 1.70 bits per heavy atom. The molecule has 0 saturated heterocycles. The van der Waals surface area contributed by atoms with Crippen molar-refractivity contribution in [1.29, 1.82) is 0 Å². The standard InChI is InChI=1S/C20H16Br2N2O3/c1-13-10-16(21)20(17(22)11-13)24-18(25)12-26-14-5-7-15(8-6-14)27-19-4-2-3-9-23-19/h2-11H,12H2,1H3,(H,24,25). The van der Waals surface area contributed by atoms with Crippen molar-refractivity contribution in [2.75, 3.05) is 11.9 Å². The predicted molar refractivity (Wildman–Crippen MR) is 111 cm³/mol. The molecule has 0 aliphatic carbocycles. The van der Waals surface area contributed by atoms with Crippen LogP contribution in [0.3, 0.4) is 0 Å². The maximum absolute atomic E-state index is 12.2. The zero-order valence-corrected chi connectivity index (χ0v) is 17.6. The highest BCUT2D eigenvalue weighted by atomic mass is 79.9. The maximum Gasteiger partial charge on any atom is 0.262 e. The van der Waals surface area contributed by atoms with E-state index >= 15 is 0 Å². The summed E-state index contributed by atoms with van der Waals surface area (Å²) in [6.07, 6.45) is 1.66. The van der Waals surface area contributed by atoms with E-state index in [1.54, 1.807) is 36.5 Å². The fraction of sp³-hybridized carbons (Fsp3) is 0.100. The molecule has 0 aliphatic heterocycles. The van der Waals surface area contributed by atoms with Gasteiger partial charge in [-0.3, -0.25) is 4.79 Å². The Hall–Kier alpha value is -2.38. The van der Waals surface area contributed by atoms with Crippen molar-refractivity contribution in [3.63, 3.8) is 0 Å². The molecule has 0 spiro atoms. The van der Waals surface area contributed by atoms with Gasteiger partial charge in [0, 0.05) is 21.2 Å². The number of rotatable bonds is 6. The van der Waals surface area contributed by atoms with Gasteiger partial charge in [0.2, 0.25) is 5.88 Å². The van der Waals surface area contributed by atoms with Gasteiger partial charge in [-0.15, -0.1) is 0 Å². The van der Waals surface area contributed by atoms with Crippen molar-refractivity contribution in [2.24, 2.45) is 0 Å². The van der Waals surface area contributed by atoms with Crippen LogP contribution >= 0.6 is 31.9 Å². The van der Waals surface area contributed by atoms with Crippen LogP contribution in [0.25, 0.3) is 0 Å². The first kappa shape index (κ1) is 19.4. The molecule has 1 aromatic heterocycles. The molecule has 0 saturated carbocycles. The molecule has 0 aliphatic rings. The van der Waals surface area contributed by atoms with E-state index in [0.29, 0.717) is 23.1 Å². The Morgan fingerprint density at radius 3 is 2.33 bits per heavy atom. The Morgan fingerprint density at radius 1 is 1.04 bits per heavy atom. The van der Waals surface area contributed by atoms with Crippen LogP contribution in [-0.2, 0) is 4.79 Å². The molecule has 1 heterocycles. The second-order valence-corrected chi connectivity index (χ2v) is 7.39. The third kappa shape index (κ3) is 5.55. The van der Waals surface area contributed by atoms with Crippen LogP contribution < -0.4 is 14.8 Å². The van der Waals surface area contributed by atoms with E-state index in [1.165, 1.54) is 0 Å². The number of ether oxygens (including phenoxy) is 2. The van der Waals surface area contributed by atoms with E-state index in [4.69, 9.17) is 9.47 Å². The van der Waals surface area contributed by atoms with E-state index in [1.807, 2.05) is 31.2 Å². The molecule has 7 heteroatoms. The van der Waals surface area contributed by atoms with Crippen LogP contribution in [0.5, 0.6) is 17.4 Å². The summed E-state index contributed by atoms with van der Waals surface area (Å²) in [4.78, 5) is 16.3. The quantitative estimate of drug-likeness (QED) is 0.478. The summed E-state index contributed by atoms with van der Waals surface area (Å²) in [6.45, 7) is 1.87. The molecule has 0 atom stereocenters. The predicted octanol–water partition coefficient (Wildman–Crippen LogP) is 5.72. The third-order valence-electron chi connectivity index (χ3n) is 3.50. The fourth-order valence-electron chi connectivity index (χ4n) is 2.28. The van der Waals surface area contributed by atoms with Crippen LogP contribution in [0.4, 0.5) is 5.69 Å². The van der Waals surface area contributed by atoms with Gasteiger partial charge in [-0.05, 0) is 86.8 Å². The molecule has 5 nitrogen and oxygen atoms in total. The van der Waals surface area contributed by atoms with Crippen LogP contribution in [0.2, 0.25) is 0 Å². The van der Waals surface area contributed by atoms with E-state index in [2.05, 4.69) is 42.2 Å². The largest absolute Gasteiger partial charge is 0.484 e. The number of pyridine rings is 1. The lowest BCUT2D eigenvalue weighted by Crippen LogP contribution is -2.20. The van der Waals surface area contributed by atoms with Gasteiger partial charge < -0.3 is 14.8 Å². The number of halogens is 2. The molecule has 138 valence electrons. The molecular weight excluding hydrogens is 476 g/mol. The minimum Gasteiger partial charge on any atom is -0.484 e. The first-order chi connectivity index (χ1) is 13.0. The average Bonchev–Trinajstić information content (AvgIpc) is 2.65. The van der Waals surface area contributed by atoms with Crippen molar-refractivity contribution in [2.45, 2.75) is 6.92 Å². The smallest absolute Gasteiger partial charge is 0.262 e. The Bertz CT molecular complexity index is 909. The summed E-state index contributed by atoms with van der Waals surface area (Å²) in [5.41, 5.74) is 1.75. The molecule has 27 heavy (non-hydrogen) atoms. The molecule has 0 unspecified atom stereocenters. The van der Waals surface area contributed by atoms with Gasteiger partial charge in [-0.25, -0.2) is 4.98 Å². The van der Waals surface area contributed by atoms with Gasteiger partial charge >= 0.3 is 0 Å². The van der Waals surface area contributed by atoms with Crippen molar-refractivity contribution >= 4 is 43.5 Å². The number of nitrogens with zero attached hydrogens (tertiary/aromatic N) is 1. The average molecular weight is 492 g/mol. The highest BCUT2D eigenvalue weighted by Crippen LogP contribution is 2.32. The number of benzene rings is 2. The summed E-state index contributed by atoms with van der Waals surface area (Å²) in [5, 5.41) is 2.83. The highest BCUT2D eigenvalue weighted by Gasteiger charge is 2.11. The van der Waals surface area contributed by atoms with Crippen molar-refractivity contribution < 1.29 is 14.3 Å². The number of anilines is 1. The zero-order chi connectivity index (χ0) is 19.2. The number of nitrogens with one attached hydrogen (secondary N) is 1. The van der Waals surface area contributed by atoms with Crippen LogP contribution in [0.15, 0.2) is 69.7 Å². The fourth-order valence-corrected chi connectivity index (χ4v) is 3.89. The van der Waals surface area contributed by atoms with Gasteiger partial charge in [0.15, 0.2) is 6.61 Å². The SMILES string of the molecule is Cc1cc(Br)c(NC(=O)COc2ccc(Oc3ccccn3)cc2)c(Br)c1. The van der Waals surface area contributed by atoms with Gasteiger partial charge in [-0.2, -0.15) is 0 Å². The molecule has 1 amide bonds. The number of hydrogen-bond donors (Lipinski definition) is 1. The summed E-state index contributed by atoms with van der Waals surface area (Å²) >= 11 is 6.91. The monoisotopic (exact) mass is 490 g/mol. The summed E-state index contributed by atoms with van der Waals surface area (Å²) < 4.78 is 12.8. The number of aryl methyl sites for hydroxylation is 1. The Kier molecular flexibility index (Phi) is 6.47. The Labute approximate surface area is 174 Å². The number of hydrogen-bond acceptors (Lipinski definition) is 4. The van der Waals surface area contributed by atoms with Crippen LogP contribution in [-0.4, -0.2) is 17.5 Å². The zero-order valence-electron chi connectivity index (χ0n) is 14.4. The van der Waals surface area contributed by atoms with Gasteiger partial charge in [0.1, 0.15) is 11.5 Å². The second-order valence-electron chi connectivity index (χ2n) is 5.68. The molecule has 2 aromatic carbocycles. The van der Waals surface area contributed by atoms with E-state index in [9.17, 15) is 4.79 Å². The highest BCUT2D eigenvalue weighted by molar-refractivity contribution is 9.11. The molecule has 3 rings (SSSR count). The lowest BCUT2D eigenvalue weighted by molar-refractivity contribution is -0.118. The molecule has 0 bridgehead atoms. The number of aromatic nitrogens is 1. The number of carbonyl (C=O) groups is 1. The topological polar surface area (TPSA) is 60.5 Å². The molecule has 0 fully saturated rings. The van der Waals surface area contributed by atoms with Gasteiger partial charge in [-0.1, -0.05) is 6.07 Å². The van der Waals surface area contributed by atoms with E-state index in [0.717, 1.165) is 14.5 Å². The summed E-state index contributed by atoms with van der Waals surface area (Å²) in [5.74, 6) is 1.47. The first-order valence-electron chi connectivity index (χ1n) is 8.08. The van der Waals surface area contributed by atoms with Crippen molar-refractivity contribution in [1.82, 2.24) is 4.98 Å². The minimum atomic E-state index is -0.255. The summed E-state index contributed by atoms with van der Waals surface area (Å²) in [6, 6.07) is 16.3. The molecule has 0 radical (unpaired) electrons. The number of amides is 1. The van der Waals surface area contributed by atoms with Gasteiger partial charge in [0.05, 0.1) is 5.69 Å². The van der Waals surface area contributed by atoms with Crippen LogP contribution in [0, 0.1) is 6.92 Å². The second kappa shape index (κ2) is 9.01. The maximum atomic E-state index is 12.2. The van der Waals surface area contributed by atoms with Gasteiger partial charge in [0.25, 0.3) is 5.91 Å². The molecular formula is C20H16Br2N2O3. The Balaban J connectivity index is 1.55. The number of carbonyl (C=O) groups excluding carboxylic acids is 1. The first-order valence-corrected chi connectivity index (χ1v) is 9.67. The van der Waals surface area contributed by atoms with Crippen molar-refractivity contribution in [3.8, 4) is 17.4 Å². The lowest BCUT2D eigenvalue weighted by atomic mass is 10.2. The normalized spacial score (nSPS) is 10.3.